The van der Waals surface area contributed by atoms with Crippen molar-refractivity contribution in [2.75, 3.05) is 33.3 Å². The second-order valence-electron chi connectivity index (χ2n) is 7.76. The average Bonchev–Trinajstić information content (AvgIpc) is 2.77. The SMILES string of the molecule is CN1CCC(C(=O)NC[C@@H]2COc3ccc(OCc4ccccc4)cc3O2)CC1. The van der Waals surface area contributed by atoms with Crippen LogP contribution in [0.3, 0.4) is 0 Å². The summed E-state index contributed by atoms with van der Waals surface area (Å²) in [6, 6.07) is 15.6. The van der Waals surface area contributed by atoms with E-state index < -0.39 is 0 Å². The van der Waals surface area contributed by atoms with Gasteiger partial charge in [-0.3, -0.25) is 4.79 Å². The number of rotatable bonds is 6. The lowest BCUT2D eigenvalue weighted by Crippen LogP contribution is -2.44. The van der Waals surface area contributed by atoms with Gasteiger partial charge in [-0.15, -0.1) is 0 Å². The minimum atomic E-state index is -0.206. The second kappa shape index (κ2) is 9.18. The third-order valence-corrected chi connectivity index (χ3v) is 5.48. The summed E-state index contributed by atoms with van der Waals surface area (Å²) in [5, 5.41) is 3.04. The second-order valence-corrected chi connectivity index (χ2v) is 7.76. The van der Waals surface area contributed by atoms with Gasteiger partial charge in [-0.2, -0.15) is 0 Å². The van der Waals surface area contributed by atoms with Crippen LogP contribution in [0, 0.1) is 5.92 Å². The molecular formula is C23H28N2O4. The number of benzene rings is 2. The van der Waals surface area contributed by atoms with Gasteiger partial charge in [-0.05, 0) is 50.7 Å². The van der Waals surface area contributed by atoms with Crippen LogP contribution in [0.2, 0.25) is 0 Å². The first-order valence-electron chi connectivity index (χ1n) is 10.2. The van der Waals surface area contributed by atoms with Crippen molar-refractivity contribution < 1.29 is 19.0 Å². The fourth-order valence-electron chi connectivity index (χ4n) is 3.66. The van der Waals surface area contributed by atoms with E-state index in [9.17, 15) is 4.79 Å². The molecule has 2 aliphatic rings. The van der Waals surface area contributed by atoms with Crippen LogP contribution in [0.25, 0.3) is 0 Å². The number of nitrogens with zero attached hydrogens (tertiary/aromatic N) is 1. The van der Waals surface area contributed by atoms with Crippen molar-refractivity contribution in [2.45, 2.75) is 25.6 Å². The lowest BCUT2D eigenvalue weighted by atomic mass is 9.96. The van der Waals surface area contributed by atoms with Gasteiger partial charge in [0.15, 0.2) is 11.5 Å². The van der Waals surface area contributed by atoms with Gasteiger partial charge < -0.3 is 24.4 Å². The Morgan fingerprint density at radius 1 is 1.14 bits per heavy atom. The fourth-order valence-corrected chi connectivity index (χ4v) is 3.66. The molecule has 0 aromatic heterocycles. The number of piperidine rings is 1. The van der Waals surface area contributed by atoms with Crippen molar-refractivity contribution in [2.24, 2.45) is 5.92 Å². The summed E-state index contributed by atoms with van der Waals surface area (Å²) in [5.41, 5.74) is 1.11. The first kappa shape index (κ1) is 19.6. The maximum absolute atomic E-state index is 12.4. The molecule has 1 amide bonds. The molecule has 0 unspecified atom stereocenters. The predicted molar refractivity (Wildman–Crippen MR) is 110 cm³/mol. The summed E-state index contributed by atoms with van der Waals surface area (Å²) >= 11 is 0. The first-order chi connectivity index (χ1) is 14.2. The normalized spacial score (nSPS) is 19.6. The van der Waals surface area contributed by atoms with E-state index in [1.807, 2.05) is 48.5 Å². The molecule has 154 valence electrons. The van der Waals surface area contributed by atoms with Crippen LogP contribution < -0.4 is 19.5 Å². The van der Waals surface area contributed by atoms with Crippen LogP contribution in [0.1, 0.15) is 18.4 Å². The zero-order valence-corrected chi connectivity index (χ0v) is 16.8. The Kier molecular flexibility index (Phi) is 6.20. The van der Waals surface area contributed by atoms with Crippen molar-refractivity contribution in [3.8, 4) is 17.2 Å². The van der Waals surface area contributed by atoms with Gasteiger partial charge in [0.1, 0.15) is 25.1 Å². The summed E-state index contributed by atoms with van der Waals surface area (Å²) in [7, 11) is 2.09. The first-order valence-corrected chi connectivity index (χ1v) is 10.2. The van der Waals surface area contributed by atoms with Crippen molar-refractivity contribution >= 4 is 5.91 Å². The highest BCUT2D eigenvalue weighted by molar-refractivity contribution is 5.78. The summed E-state index contributed by atoms with van der Waals surface area (Å²) < 4.78 is 17.7. The van der Waals surface area contributed by atoms with Crippen LogP contribution in [-0.4, -0.2) is 50.2 Å². The van der Waals surface area contributed by atoms with Crippen molar-refractivity contribution in [3.05, 3.63) is 54.1 Å². The van der Waals surface area contributed by atoms with E-state index in [1.165, 1.54) is 0 Å². The molecule has 29 heavy (non-hydrogen) atoms. The fraction of sp³-hybridized carbons (Fsp3) is 0.435. The van der Waals surface area contributed by atoms with E-state index in [1.54, 1.807) is 0 Å². The number of hydrogen-bond acceptors (Lipinski definition) is 5. The number of amides is 1. The van der Waals surface area contributed by atoms with Gasteiger partial charge >= 0.3 is 0 Å². The third-order valence-electron chi connectivity index (χ3n) is 5.48. The molecule has 0 aliphatic carbocycles. The zero-order chi connectivity index (χ0) is 20.1. The summed E-state index contributed by atoms with van der Waals surface area (Å²) in [6.45, 7) is 3.31. The van der Waals surface area contributed by atoms with Gasteiger partial charge in [0.2, 0.25) is 5.91 Å². The molecule has 1 fully saturated rings. The van der Waals surface area contributed by atoms with Crippen molar-refractivity contribution in [3.63, 3.8) is 0 Å². The molecule has 0 spiro atoms. The molecule has 6 heteroatoms. The van der Waals surface area contributed by atoms with E-state index >= 15 is 0 Å². The highest BCUT2D eigenvalue weighted by atomic mass is 16.6. The van der Waals surface area contributed by atoms with E-state index in [0.29, 0.717) is 31.3 Å². The molecule has 2 aromatic rings. The average molecular weight is 396 g/mol. The Hall–Kier alpha value is -2.73. The predicted octanol–water partition coefficient (Wildman–Crippen LogP) is 2.86. The quantitative estimate of drug-likeness (QED) is 0.814. The molecule has 2 aromatic carbocycles. The molecule has 0 saturated carbocycles. The van der Waals surface area contributed by atoms with Crippen LogP contribution >= 0.6 is 0 Å². The topological polar surface area (TPSA) is 60.0 Å². The number of ether oxygens (including phenoxy) is 3. The van der Waals surface area contributed by atoms with Crippen molar-refractivity contribution in [1.29, 1.82) is 0 Å². The number of likely N-dealkylation sites (tertiary alicyclic amines) is 1. The Bertz CT molecular complexity index is 819. The smallest absolute Gasteiger partial charge is 0.223 e. The maximum atomic E-state index is 12.4. The van der Waals surface area contributed by atoms with E-state index in [4.69, 9.17) is 14.2 Å². The molecule has 2 aliphatic heterocycles. The molecular weight excluding hydrogens is 368 g/mol. The van der Waals surface area contributed by atoms with Crippen LogP contribution in [-0.2, 0) is 11.4 Å². The van der Waals surface area contributed by atoms with Gasteiger partial charge in [-0.1, -0.05) is 30.3 Å². The Morgan fingerprint density at radius 2 is 1.93 bits per heavy atom. The largest absolute Gasteiger partial charge is 0.489 e. The molecule has 1 N–H and O–H groups in total. The van der Waals surface area contributed by atoms with E-state index in [0.717, 1.165) is 37.2 Å². The number of hydrogen-bond donors (Lipinski definition) is 1. The molecule has 0 bridgehead atoms. The standard InChI is InChI=1S/C23H28N2O4/c1-25-11-9-18(10-12-25)23(26)24-14-20-16-28-21-8-7-19(13-22(21)29-20)27-15-17-5-3-2-4-6-17/h2-8,13,18,20H,9-12,14-16H2,1H3,(H,24,26)/t20-/m1/s1. The highest BCUT2D eigenvalue weighted by Crippen LogP contribution is 2.35. The Balaban J connectivity index is 1.28. The van der Waals surface area contributed by atoms with E-state index in [2.05, 4.69) is 17.3 Å². The van der Waals surface area contributed by atoms with Crippen LogP contribution in [0.4, 0.5) is 0 Å². The molecule has 0 radical (unpaired) electrons. The zero-order valence-electron chi connectivity index (χ0n) is 16.8. The van der Waals surface area contributed by atoms with Crippen LogP contribution in [0.5, 0.6) is 17.2 Å². The highest BCUT2D eigenvalue weighted by Gasteiger charge is 2.26. The van der Waals surface area contributed by atoms with Gasteiger partial charge in [0.25, 0.3) is 0 Å². The Morgan fingerprint density at radius 3 is 2.72 bits per heavy atom. The lowest BCUT2D eigenvalue weighted by Gasteiger charge is -2.30. The molecule has 1 saturated heterocycles. The molecule has 1 atom stereocenters. The summed E-state index contributed by atoms with van der Waals surface area (Å²) in [4.78, 5) is 14.7. The third kappa shape index (κ3) is 5.21. The number of fused-ring (bicyclic) bond motifs is 1. The Labute approximate surface area is 171 Å². The minimum Gasteiger partial charge on any atom is -0.489 e. The number of nitrogens with one attached hydrogen (secondary N) is 1. The monoisotopic (exact) mass is 396 g/mol. The number of carbonyl (C=O) groups is 1. The molecule has 6 nitrogen and oxygen atoms in total. The van der Waals surface area contributed by atoms with Crippen LogP contribution in [0.15, 0.2) is 48.5 Å². The molecule has 2 heterocycles. The van der Waals surface area contributed by atoms with Gasteiger partial charge in [-0.25, -0.2) is 0 Å². The minimum absolute atomic E-state index is 0.0981. The summed E-state index contributed by atoms with van der Waals surface area (Å²) in [5.74, 6) is 2.30. The van der Waals surface area contributed by atoms with Crippen molar-refractivity contribution in [1.82, 2.24) is 10.2 Å². The number of carbonyl (C=O) groups excluding carboxylic acids is 1. The summed E-state index contributed by atoms with van der Waals surface area (Å²) in [6.07, 6.45) is 1.62. The molecule has 4 rings (SSSR count). The van der Waals surface area contributed by atoms with Gasteiger partial charge in [0.05, 0.1) is 6.54 Å². The lowest BCUT2D eigenvalue weighted by molar-refractivity contribution is -0.126. The van der Waals surface area contributed by atoms with Gasteiger partial charge in [0, 0.05) is 12.0 Å². The maximum Gasteiger partial charge on any atom is 0.223 e. The van der Waals surface area contributed by atoms with E-state index in [-0.39, 0.29) is 17.9 Å².